The van der Waals surface area contributed by atoms with E-state index >= 15 is 0 Å². The molecule has 0 saturated carbocycles. The summed E-state index contributed by atoms with van der Waals surface area (Å²) in [5, 5.41) is 13.7. The maximum Gasteiger partial charge on any atom is 0.269 e. The number of carbonyl (C=O) groups is 1. The fraction of sp³-hybridized carbons (Fsp3) is 0.0952. The third-order valence-electron chi connectivity index (χ3n) is 4.38. The first kappa shape index (κ1) is 21.0. The van der Waals surface area contributed by atoms with E-state index in [2.05, 4.69) is 10.0 Å². The first-order valence-corrected chi connectivity index (χ1v) is 10.5. The van der Waals surface area contributed by atoms with Crippen molar-refractivity contribution in [2.24, 2.45) is 0 Å². The van der Waals surface area contributed by atoms with E-state index in [1.165, 1.54) is 48.5 Å². The summed E-state index contributed by atoms with van der Waals surface area (Å²) in [7, 11) is -3.72. The molecule has 0 aliphatic rings. The van der Waals surface area contributed by atoms with Crippen molar-refractivity contribution < 1.29 is 18.1 Å². The van der Waals surface area contributed by atoms with E-state index in [-0.39, 0.29) is 16.5 Å². The summed E-state index contributed by atoms with van der Waals surface area (Å²) >= 11 is 0. The largest absolute Gasteiger partial charge is 0.346 e. The van der Waals surface area contributed by atoms with Crippen LogP contribution < -0.4 is 10.0 Å². The van der Waals surface area contributed by atoms with Gasteiger partial charge in [-0.15, -0.1) is 0 Å². The number of amides is 1. The van der Waals surface area contributed by atoms with Gasteiger partial charge in [-0.2, -0.15) is 0 Å². The van der Waals surface area contributed by atoms with Crippen LogP contribution >= 0.6 is 0 Å². The minimum Gasteiger partial charge on any atom is -0.346 e. The molecule has 2 N–H and O–H groups in total. The van der Waals surface area contributed by atoms with E-state index < -0.39 is 21.0 Å². The molecule has 0 aliphatic heterocycles. The molecule has 0 saturated heterocycles. The highest BCUT2D eigenvalue weighted by atomic mass is 32.2. The molecule has 0 spiro atoms. The minimum absolute atomic E-state index is 0.0522. The van der Waals surface area contributed by atoms with Crippen LogP contribution in [-0.4, -0.2) is 19.2 Å². The highest BCUT2D eigenvalue weighted by Gasteiger charge is 2.16. The molecule has 0 aromatic heterocycles. The van der Waals surface area contributed by atoms with E-state index in [0.717, 1.165) is 0 Å². The van der Waals surface area contributed by atoms with Crippen molar-refractivity contribution in [2.75, 3.05) is 4.72 Å². The van der Waals surface area contributed by atoms with Crippen molar-refractivity contribution in [3.8, 4) is 0 Å². The lowest BCUT2D eigenvalue weighted by atomic mass is 10.1. The van der Waals surface area contributed by atoms with Crippen LogP contribution in [0.2, 0.25) is 0 Å². The zero-order chi connectivity index (χ0) is 21.7. The first-order chi connectivity index (χ1) is 14.3. The predicted octanol–water partition coefficient (Wildman–Crippen LogP) is 3.89. The number of hydrogen-bond acceptors (Lipinski definition) is 5. The van der Waals surface area contributed by atoms with Crippen LogP contribution in [0.3, 0.4) is 0 Å². The second-order valence-electron chi connectivity index (χ2n) is 6.54. The van der Waals surface area contributed by atoms with Gasteiger partial charge in [0, 0.05) is 23.4 Å². The number of anilines is 1. The second-order valence-corrected chi connectivity index (χ2v) is 8.23. The molecule has 0 heterocycles. The van der Waals surface area contributed by atoms with Crippen LogP contribution in [0.4, 0.5) is 11.4 Å². The highest BCUT2D eigenvalue weighted by Crippen LogP contribution is 2.20. The number of nitrogens with zero attached hydrogens (tertiary/aromatic N) is 1. The van der Waals surface area contributed by atoms with E-state index in [0.29, 0.717) is 16.8 Å². The van der Waals surface area contributed by atoms with Crippen LogP contribution in [0.15, 0.2) is 83.8 Å². The van der Waals surface area contributed by atoms with Gasteiger partial charge in [0.05, 0.1) is 15.9 Å². The number of sulfonamides is 1. The fourth-order valence-corrected chi connectivity index (χ4v) is 3.85. The van der Waals surface area contributed by atoms with Gasteiger partial charge < -0.3 is 5.32 Å². The number of non-ortho nitro benzene ring substituents is 1. The average molecular weight is 425 g/mol. The van der Waals surface area contributed by atoms with Gasteiger partial charge >= 0.3 is 0 Å². The Morgan fingerprint density at radius 2 is 1.63 bits per heavy atom. The summed E-state index contributed by atoms with van der Waals surface area (Å²) in [5.74, 6) is -0.383. The second kappa shape index (κ2) is 8.75. The first-order valence-electron chi connectivity index (χ1n) is 8.99. The van der Waals surface area contributed by atoms with E-state index in [4.69, 9.17) is 0 Å². The van der Waals surface area contributed by atoms with Gasteiger partial charge in [-0.1, -0.05) is 30.3 Å². The normalized spacial score (nSPS) is 12.0. The van der Waals surface area contributed by atoms with Gasteiger partial charge in [-0.05, 0) is 48.9 Å². The van der Waals surface area contributed by atoms with Gasteiger partial charge in [0.25, 0.3) is 21.6 Å². The Hall–Kier alpha value is -3.72. The predicted molar refractivity (Wildman–Crippen MR) is 113 cm³/mol. The summed E-state index contributed by atoms with van der Waals surface area (Å²) in [4.78, 5) is 23.0. The number of nitro benzene ring substituents is 1. The number of benzene rings is 3. The summed E-state index contributed by atoms with van der Waals surface area (Å²) < 4.78 is 27.2. The Kier molecular flexibility index (Phi) is 6.12. The Balaban J connectivity index is 1.68. The summed E-state index contributed by atoms with van der Waals surface area (Å²) in [6.45, 7) is 1.72. The average Bonchev–Trinajstić information content (AvgIpc) is 2.74. The molecule has 3 aromatic rings. The molecule has 0 radical (unpaired) electrons. The van der Waals surface area contributed by atoms with Crippen LogP contribution in [0, 0.1) is 10.1 Å². The monoisotopic (exact) mass is 425 g/mol. The summed E-state index contributed by atoms with van der Waals surface area (Å²) in [6.07, 6.45) is 0. The number of rotatable bonds is 7. The Morgan fingerprint density at radius 3 is 2.27 bits per heavy atom. The molecule has 30 heavy (non-hydrogen) atoms. The number of hydrogen-bond donors (Lipinski definition) is 2. The number of carbonyl (C=O) groups excluding carboxylic acids is 1. The zero-order valence-electron chi connectivity index (χ0n) is 16.0. The van der Waals surface area contributed by atoms with Gasteiger partial charge in [0.1, 0.15) is 0 Å². The van der Waals surface area contributed by atoms with Crippen molar-refractivity contribution in [1.29, 1.82) is 0 Å². The zero-order valence-corrected chi connectivity index (χ0v) is 16.8. The lowest BCUT2D eigenvalue weighted by molar-refractivity contribution is -0.384. The highest BCUT2D eigenvalue weighted by molar-refractivity contribution is 7.92. The van der Waals surface area contributed by atoms with E-state index in [1.54, 1.807) is 37.3 Å². The molecule has 3 aromatic carbocycles. The smallest absolute Gasteiger partial charge is 0.269 e. The third-order valence-corrected chi connectivity index (χ3v) is 5.78. The molecule has 9 heteroatoms. The molecule has 1 atom stereocenters. The molecular formula is C21H19N3O5S. The van der Waals surface area contributed by atoms with Gasteiger partial charge in [0.15, 0.2) is 0 Å². The molecule has 154 valence electrons. The minimum atomic E-state index is -3.72. The van der Waals surface area contributed by atoms with Gasteiger partial charge in [-0.3, -0.25) is 19.6 Å². The van der Waals surface area contributed by atoms with Gasteiger partial charge in [-0.25, -0.2) is 8.42 Å². The molecule has 1 unspecified atom stereocenters. The maximum atomic E-state index is 12.5. The van der Waals surface area contributed by atoms with Crippen molar-refractivity contribution in [2.45, 2.75) is 17.9 Å². The van der Waals surface area contributed by atoms with Crippen molar-refractivity contribution in [3.63, 3.8) is 0 Å². The molecule has 8 nitrogen and oxygen atoms in total. The lowest BCUT2D eigenvalue weighted by Gasteiger charge is -2.14. The molecule has 0 fully saturated rings. The lowest BCUT2D eigenvalue weighted by Crippen LogP contribution is -2.26. The number of nitrogens with one attached hydrogen (secondary N) is 2. The Bertz CT molecular complexity index is 1160. The topological polar surface area (TPSA) is 118 Å². The Morgan fingerprint density at radius 1 is 0.967 bits per heavy atom. The van der Waals surface area contributed by atoms with Crippen molar-refractivity contribution in [3.05, 3.63) is 100 Å². The quantitative estimate of drug-likeness (QED) is 0.440. The van der Waals surface area contributed by atoms with Crippen molar-refractivity contribution in [1.82, 2.24) is 5.32 Å². The number of nitro groups is 1. The molecule has 0 bridgehead atoms. The summed E-state index contributed by atoms with van der Waals surface area (Å²) in [5.41, 5.74) is 1.20. The molecule has 3 rings (SSSR count). The fourth-order valence-electron chi connectivity index (χ4n) is 2.77. The van der Waals surface area contributed by atoms with Crippen LogP contribution in [0.5, 0.6) is 0 Å². The SMILES string of the molecule is CC(NC(=O)c1ccc(NS(=O)(=O)c2ccccc2)cc1)c1cccc([N+](=O)[O-])c1. The Labute approximate surface area is 173 Å². The van der Waals surface area contributed by atoms with Crippen LogP contribution in [0.25, 0.3) is 0 Å². The maximum absolute atomic E-state index is 12.5. The van der Waals surface area contributed by atoms with E-state index in [1.807, 2.05) is 0 Å². The van der Waals surface area contributed by atoms with E-state index in [9.17, 15) is 23.3 Å². The molecule has 1 amide bonds. The van der Waals surface area contributed by atoms with Crippen LogP contribution in [0.1, 0.15) is 28.9 Å². The third kappa shape index (κ3) is 5.00. The molecule has 0 aliphatic carbocycles. The molecular weight excluding hydrogens is 406 g/mol. The van der Waals surface area contributed by atoms with Crippen molar-refractivity contribution >= 4 is 27.3 Å². The van der Waals surface area contributed by atoms with Gasteiger partial charge in [0.2, 0.25) is 0 Å². The standard InChI is InChI=1S/C21H19N3O5S/c1-15(17-6-5-7-19(14-17)24(26)27)22-21(25)16-10-12-18(13-11-16)23-30(28,29)20-8-3-2-4-9-20/h2-15,23H,1H3,(H,22,25). The van der Waals surface area contributed by atoms with Crippen LogP contribution in [-0.2, 0) is 10.0 Å². The summed E-state index contributed by atoms with van der Waals surface area (Å²) in [6, 6.07) is 19.5.